The molecule has 0 spiro atoms. The maximum Gasteiger partial charge on any atom is 0.0471 e. The van der Waals surface area contributed by atoms with Crippen LogP contribution < -0.4 is 11.1 Å². The zero-order valence-corrected chi connectivity index (χ0v) is 10.1. The quantitative estimate of drug-likeness (QED) is 0.642. The fraction of sp³-hybridized carbons (Fsp3) is 1.00. The highest BCUT2D eigenvalue weighted by Crippen LogP contribution is 2.24. The van der Waals surface area contributed by atoms with Gasteiger partial charge in [-0.15, -0.1) is 0 Å². The Bertz CT molecular complexity index is 175. The molecule has 0 bridgehead atoms. The van der Waals surface area contributed by atoms with Gasteiger partial charge in [0.15, 0.2) is 0 Å². The Kier molecular flexibility index (Phi) is 5.58. The lowest BCUT2D eigenvalue weighted by Gasteiger charge is -2.35. The minimum atomic E-state index is 0.258. The predicted molar refractivity (Wildman–Crippen MR) is 63.6 cm³/mol. The number of hydrogen-bond donors (Lipinski definition) is 3. The minimum absolute atomic E-state index is 0.258. The predicted octanol–water partition coefficient (Wildman–Crippen LogP) is 1.11. The molecule has 1 fully saturated rings. The normalized spacial score (nSPS) is 31.2. The summed E-state index contributed by atoms with van der Waals surface area (Å²) in [7, 11) is 0. The van der Waals surface area contributed by atoms with Crippen LogP contribution in [0.4, 0.5) is 0 Å². The van der Waals surface area contributed by atoms with Gasteiger partial charge in [0.1, 0.15) is 0 Å². The highest BCUT2D eigenvalue weighted by atomic mass is 16.3. The van der Waals surface area contributed by atoms with Crippen molar-refractivity contribution in [1.29, 1.82) is 0 Å². The first-order valence-electron chi connectivity index (χ1n) is 6.26. The van der Waals surface area contributed by atoms with Crippen molar-refractivity contribution in [2.45, 2.75) is 51.6 Å². The first kappa shape index (κ1) is 12.9. The molecule has 1 rings (SSSR count). The molecule has 0 saturated heterocycles. The van der Waals surface area contributed by atoms with E-state index in [1.165, 1.54) is 25.7 Å². The van der Waals surface area contributed by atoms with E-state index < -0.39 is 0 Å². The molecule has 1 aliphatic carbocycles. The Labute approximate surface area is 93.4 Å². The Morgan fingerprint density at radius 1 is 1.33 bits per heavy atom. The third-order valence-electron chi connectivity index (χ3n) is 3.83. The largest absolute Gasteiger partial charge is 0.396 e. The summed E-state index contributed by atoms with van der Waals surface area (Å²) < 4.78 is 0. The van der Waals surface area contributed by atoms with Gasteiger partial charge in [0.2, 0.25) is 0 Å². The fourth-order valence-corrected chi connectivity index (χ4v) is 2.37. The topological polar surface area (TPSA) is 58.3 Å². The van der Waals surface area contributed by atoms with Gasteiger partial charge in [-0.25, -0.2) is 0 Å². The Balaban J connectivity index is 2.40. The summed E-state index contributed by atoms with van der Waals surface area (Å²) in [6.07, 6.45) is 5.14. The van der Waals surface area contributed by atoms with Crippen molar-refractivity contribution in [1.82, 2.24) is 5.32 Å². The fourth-order valence-electron chi connectivity index (χ4n) is 2.37. The Hall–Kier alpha value is -0.120. The van der Waals surface area contributed by atoms with E-state index in [2.05, 4.69) is 19.2 Å². The lowest BCUT2D eigenvalue weighted by molar-refractivity contribution is 0.177. The molecule has 3 nitrogen and oxygen atoms in total. The highest BCUT2D eigenvalue weighted by molar-refractivity contribution is 4.84. The maximum absolute atomic E-state index is 9.09. The zero-order valence-electron chi connectivity index (χ0n) is 10.1. The molecule has 0 amide bonds. The van der Waals surface area contributed by atoms with E-state index in [0.29, 0.717) is 23.9 Å². The number of nitrogens with one attached hydrogen (secondary N) is 1. The second kappa shape index (κ2) is 6.46. The highest BCUT2D eigenvalue weighted by Gasteiger charge is 2.25. The molecular formula is C12H26N2O. The Morgan fingerprint density at radius 3 is 2.60 bits per heavy atom. The van der Waals surface area contributed by atoms with Crippen LogP contribution in [0.25, 0.3) is 0 Å². The molecule has 0 radical (unpaired) electrons. The molecule has 1 aliphatic rings. The van der Waals surface area contributed by atoms with Crippen molar-refractivity contribution in [3.63, 3.8) is 0 Å². The second-order valence-corrected chi connectivity index (χ2v) is 5.00. The van der Waals surface area contributed by atoms with E-state index in [-0.39, 0.29) is 6.61 Å². The molecule has 0 heterocycles. The van der Waals surface area contributed by atoms with Gasteiger partial charge < -0.3 is 16.2 Å². The third kappa shape index (κ3) is 3.74. The zero-order chi connectivity index (χ0) is 11.3. The average molecular weight is 214 g/mol. The molecule has 4 atom stereocenters. The van der Waals surface area contributed by atoms with E-state index in [0.717, 1.165) is 6.54 Å². The number of aliphatic hydroxyl groups excluding tert-OH is 1. The maximum atomic E-state index is 9.09. The van der Waals surface area contributed by atoms with Crippen LogP contribution in [0.5, 0.6) is 0 Å². The summed E-state index contributed by atoms with van der Waals surface area (Å²) >= 11 is 0. The van der Waals surface area contributed by atoms with Gasteiger partial charge in [0, 0.05) is 18.7 Å². The summed E-state index contributed by atoms with van der Waals surface area (Å²) in [5, 5.41) is 12.7. The van der Waals surface area contributed by atoms with Crippen LogP contribution in [0.2, 0.25) is 0 Å². The van der Waals surface area contributed by atoms with Crippen molar-refractivity contribution >= 4 is 0 Å². The van der Waals surface area contributed by atoms with Crippen molar-refractivity contribution in [3.8, 4) is 0 Å². The van der Waals surface area contributed by atoms with Gasteiger partial charge in [0.25, 0.3) is 0 Å². The van der Waals surface area contributed by atoms with Crippen LogP contribution in [0.1, 0.15) is 39.5 Å². The van der Waals surface area contributed by atoms with Crippen LogP contribution in [0.15, 0.2) is 0 Å². The van der Waals surface area contributed by atoms with Crippen molar-refractivity contribution in [2.24, 2.45) is 17.6 Å². The Morgan fingerprint density at radius 2 is 2.00 bits per heavy atom. The summed E-state index contributed by atoms with van der Waals surface area (Å²) in [6.45, 7) is 5.28. The van der Waals surface area contributed by atoms with Gasteiger partial charge in [0.05, 0.1) is 0 Å². The van der Waals surface area contributed by atoms with Gasteiger partial charge in [-0.05, 0) is 38.1 Å². The first-order valence-corrected chi connectivity index (χ1v) is 6.26. The van der Waals surface area contributed by atoms with Crippen molar-refractivity contribution < 1.29 is 5.11 Å². The minimum Gasteiger partial charge on any atom is -0.396 e. The molecule has 3 heteroatoms. The standard InChI is InChI=1S/C12H26N2O/c1-9(8-15)10(2)14-12-6-4-3-5-11(12)7-13/h9-12,14-15H,3-8,13H2,1-2H3. The summed E-state index contributed by atoms with van der Waals surface area (Å²) in [5.74, 6) is 0.956. The summed E-state index contributed by atoms with van der Waals surface area (Å²) in [6, 6.07) is 0.944. The molecule has 4 unspecified atom stereocenters. The lowest BCUT2D eigenvalue weighted by atomic mass is 9.83. The van der Waals surface area contributed by atoms with Gasteiger partial charge >= 0.3 is 0 Å². The van der Waals surface area contributed by atoms with Crippen LogP contribution in [-0.2, 0) is 0 Å². The van der Waals surface area contributed by atoms with Gasteiger partial charge in [-0.2, -0.15) is 0 Å². The van der Waals surface area contributed by atoms with Crippen LogP contribution in [0, 0.1) is 11.8 Å². The summed E-state index contributed by atoms with van der Waals surface area (Å²) in [4.78, 5) is 0. The number of rotatable bonds is 5. The van der Waals surface area contributed by atoms with Crippen LogP contribution in [0.3, 0.4) is 0 Å². The molecule has 0 aromatic heterocycles. The third-order valence-corrected chi connectivity index (χ3v) is 3.83. The van der Waals surface area contributed by atoms with E-state index >= 15 is 0 Å². The number of nitrogens with two attached hydrogens (primary N) is 1. The van der Waals surface area contributed by atoms with E-state index in [9.17, 15) is 0 Å². The monoisotopic (exact) mass is 214 g/mol. The van der Waals surface area contributed by atoms with E-state index in [1.807, 2.05) is 0 Å². The van der Waals surface area contributed by atoms with Crippen LogP contribution >= 0.6 is 0 Å². The smallest absolute Gasteiger partial charge is 0.0471 e. The molecule has 15 heavy (non-hydrogen) atoms. The molecule has 0 aromatic carbocycles. The second-order valence-electron chi connectivity index (χ2n) is 5.00. The molecule has 4 N–H and O–H groups in total. The average Bonchev–Trinajstić information content (AvgIpc) is 2.28. The molecule has 0 aromatic rings. The lowest BCUT2D eigenvalue weighted by Crippen LogP contribution is -2.48. The molecular weight excluding hydrogens is 188 g/mol. The summed E-state index contributed by atoms with van der Waals surface area (Å²) in [5.41, 5.74) is 5.79. The molecule has 0 aliphatic heterocycles. The van der Waals surface area contributed by atoms with E-state index in [1.54, 1.807) is 0 Å². The van der Waals surface area contributed by atoms with Crippen molar-refractivity contribution in [3.05, 3.63) is 0 Å². The SMILES string of the molecule is CC(CO)C(C)NC1CCCCC1CN. The van der Waals surface area contributed by atoms with Gasteiger partial charge in [-0.1, -0.05) is 19.8 Å². The number of hydrogen-bond acceptors (Lipinski definition) is 3. The number of aliphatic hydroxyl groups is 1. The van der Waals surface area contributed by atoms with Crippen molar-refractivity contribution in [2.75, 3.05) is 13.2 Å². The van der Waals surface area contributed by atoms with E-state index in [4.69, 9.17) is 10.8 Å². The first-order chi connectivity index (χ1) is 7.19. The molecule has 1 saturated carbocycles. The van der Waals surface area contributed by atoms with Gasteiger partial charge in [-0.3, -0.25) is 0 Å². The molecule has 90 valence electrons. The van der Waals surface area contributed by atoms with Crippen LogP contribution in [-0.4, -0.2) is 30.3 Å².